The van der Waals surface area contributed by atoms with Crippen molar-refractivity contribution < 1.29 is 14.4 Å². The number of benzene rings is 1. The van der Waals surface area contributed by atoms with Gasteiger partial charge in [-0.15, -0.1) is 0 Å². The van der Waals surface area contributed by atoms with Crippen LogP contribution < -0.4 is 20.1 Å². The second-order valence-electron chi connectivity index (χ2n) is 5.93. The minimum atomic E-state index is -0.477. The van der Waals surface area contributed by atoms with Crippen molar-refractivity contribution in [2.75, 3.05) is 23.8 Å². The van der Waals surface area contributed by atoms with Gasteiger partial charge in [0.15, 0.2) is 11.5 Å². The fourth-order valence-electron chi connectivity index (χ4n) is 2.50. The van der Waals surface area contributed by atoms with Gasteiger partial charge in [-0.3, -0.25) is 10.1 Å². The van der Waals surface area contributed by atoms with Crippen LogP contribution in [0.5, 0.6) is 11.5 Å². The van der Waals surface area contributed by atoms with E-state index < -0.39 is 4.92 Å². The summed E-state index contributed by atoms with van der Waals surface area (Å²) in [5.41, 5.74) is 0.861. The number of anilines is 2. The van der Waals surface area contributed by atoms with E-state index in [4.69, 9.17) is 9.47 Å². The van der Waals surface area contributed by atoms with Crippen molar-refractivity contribution in [3.63, 3.8) is 0 Å². The van der Waals surface area contributed by atoms with Gasteiger partial charge in [-0.2, -0.15) is 4.98 Å². The second-order valence-corrected chi connectivity index (χ2v) is 5.93. The first kappa shape index (κ1) is 15.4. The molecule has 1 saturated carbocycles. The first-order valence-electron chi connectivity index (χ1n) is 8.09. The third kappa shape index (κ3) is 3.54. The molecule has 1 aliphatic carbocycles. The van der Waals surface area contributed by atoms with Crippen LogP contribution in [0.4, 0.5) is 17.5 Å². The quantitative estimate of drug-likeness (QED) is 0.607. The lowest BCUT2D eigenvalue weighted by Crippen LogP contribution is -2.15. The van der Waals surface area contributed by atoms with E-state index in [1.807, 2.05) is 18.2 Å². The molecule has 1 fully saturated rings. The highest BCUT2D eigenvalue weighted by Gasteiger charge is 2.26. The van der Waals surface area contributed by atoms with E-state index in [9.17, 15) is 10.1 Å². The molecule has 9 heteroatoms. The van der Waals surface area contributed by atoms with Crippen molar-refractivity contribution in [2.24, 2.45) is 0 Å². The van der Waals surface area contributed by atoms with Gasteiger partial charge in [-0.1, -0.05) is 6.07 Å². The Labute approximate surface area is 143 Å². The molecule has 2 aliphatic rings. The van der Waals surface area contributed by atoms with E-state index in [1.54, 1.807) is 0 Å². The molecule has 1 aromatic carbocycles. The molecule has 4 rings (SSSR count). The van der Waals surface area contributed by atoms with Gasteiger partial charge in [-0.25, -0.2) is 4.98 Å². The van der Waals surface area contributed by atoms with Gasteiger partial charge in [0.25, 0.3) is 0 Å². The fraction of sp³-hybridized carbons (Fsp3) is 0.375. The summed E-state index contributed by atoms with van der Waals surface area (Å²) in [4.78, 5) is 18.9. The first-order chi connectivity index (χ1) is 12.2. The average molecular weight is 343 g/mol. The maximum Gasteiger partial charge on any atom is 0.329 e. The molecule has 0 saturated heterocycles. The van der Waals surface area contributed by atoms with Crippen LogP contribution >= 0.6 is 0 Å². The number of hydrogen-bond acceptors (Lipinski definition) is 8. The Balaban J connectivity index is 1.47. The molecule has 2 N–H and O–H groups in total. The number of aromatic nitrogens is 2. The molecule has 130 valence electrons. The predicted molar refractivity (Wildman–Crippen MR) is 90.1 cm³/mol. The Morgan fingerprint density at radius 1 is 1.24 bits per heavy atom. The van der Waals surface area contributed by atoms with Gasteiger partial charge < -0.3 is 20.1 Å². The van der Waals surface area contributed by atoms with Crippen LogP contribution in [-0.2, 0) is 6.54 Å². The molecule has 0 unspecified atom stereocenters. The molecule has 0 radical (unpaired) electrons. The van der Waals surface area contributed by atoms with Crippen LogP contribution in [0.3, 0.4) is 0 Å². The number of nitrogens with zero attached hydrogens (tertiary/aromatic N) is 3. The van der Waals surface area contributed by atoms with E-state index in [-0.39, 0.29) is 17.5 Å². The van der Waals surface area contributed by atoms with Crippen LogP contribution in [0.25, 0.3) is 0 Å². The van der Waals surface area contributed by atoms with E-state index in [2.05, 4.69) is 20.6 Å². The highest BCUT2D eigenvalue weighted by atomic mass is 16.6. The summed E-state index contributed by atoms with van der Waals surface area (Å²) in [6.07, 6.45) is 3.23. The van der Waals surface area contributed by atoms with Crippen molar-refractivity contribution in [3.05, 3.63) is 40.1 Å². The summed E-state index contributed by atoms with van der Waals surface area (Å²) < 4.78 is 11.1. The smallest absolute Gasteiger partial charge is 0.329 e. The molecule has 25 heavy (non-hydrogen) atoms. The molecule has 9 nitrogen and oxygen atoms in total. The minimum Gasteiger partial charge on any atom is -0.486 e. The van der Waals surface area contributed by atoms with E-state index in [0.29, 0.717) is 31.5 Å². The molecule has 0 atom stereocenters. The van der Waals surface area contributed by atoms with Crippen LogP contribution in [-0.4, -0.2) is 34.1 Å². The Hall–Kier alpha value is -3.10. The van der Waals surface area contributed by atoms with E-state index in [0.717, 1.165) is 24.2 Å². The first-order valence-corrected chi connectivity index (χ1v) is 8.09. The number of nitro groups is 1. The molecular formula is C16H17N5O4. The number of fused-ring (bicyclic) bond motifs is 1. The normalized spacial score (nSPS) is 15.5. The zero-order valence-corrected chi connectivity index (χ0v) is 13.4. The summed E-state index contributed by atoms with van der Waals surface area (Å²) in [6, 6.07) is 5.95. The maximum absolute atomic E-state index is 11.1. The monoisotopic (exact) mass is 343 g/mol. The fourth-order valence-corrected chi connectivity index (χ4v) is 2.50. The van der Waals surface area contributed by atoms with Gasteiger partial charge >= 0.3 is 5.69 Å². The van der Waals surface area contributed by atoms with Crippen LogP contribution in [0.2, 0.25) is 0 Å². The second kappa shape index (κ2) is 6.42. The topological polar surface area (TPSA) is 111 Å². The van der Waals surface area contributed by atoms with Crippen molar-refractivity contribution in [1.29, 1.82) is 0 Å². The molecule has 1 aliphatic heterocycles. The van der Waals surface area contributed by atoms with Crippen molar-refractivity contribution in [2.45, 2.75) is 25.4 Å². The standard InChI is InChI=1S/C16H17N5O4/c22-21(23)12-9-18-16(20-15(12)19-11-2-3-11)17-8-10-1-4-13-14(7-10)25-6-5-24-13/h1,4,7,9,11H,2-3,5-6,8H2,(H2,17,18,19,20). The molecule has 2 heterocycles. The Bertz CT molecular complexity index is 809. The number of ether oxygens (including phenoxy) is 2. The lowest BCUT2D eigenvalue weighted by Gasteiger charge is -2.19. The third-order valence-corrected chi connectivity index (χ3v) is 3.94. The minimum absolute atomic E-state index is 0.114. The molecule has 0 spiro atoms. The van der Waals surface area contributed by atoms with Gasteiger partial charge in [0, 0.05) is 12.6 Å². The molecule has 0 amide bonds. The summed E-state index contributed by atoms with van der Waals surface area (Å²) in [5.74, 6) is 2.04. The number of rotatable bonds is 6. The summed E-state index contributed by atoms with van der Waals surface area (Å²) in [7, 11) is 0. The molecule has 0 bridgehead atoms. The lowest BCUT2D eigenvalue weighted by atomic mass is 10.2. The number of hydrogen-bond donors (Lipinski definition) is 2. The van der Waals surface area contributed by atoms with Crippen LogP contribution in [0.1, 0.15) is 18.4 Å². The Morgan fingerprint density at radius 3 is 2.80 bits per heavy atom. The summed E-state index contributed by atoms with van der Waals surface area (Å²) >= 11 is 0. The molecule has 2 aromatic rings. The van der Waals surface area contributed by atoms with E-state index in [1.165, 1.54) is 6.20 Å². The lowest BCUT2D eigenvalue weighted by molar-refractivity contribution is -0.384. The predicted octanol–water partition coefficient (Wildman–Crippen LogP) is 2.34. The van der Waals surface area contributed by atoms with Crippen LogP contribution in [0.15, 0.2) is 24.4 Å². The van der Waals surface area contributed by atoms with Crippen molar-refractivity contribution in [1.82, 2.24) is 9.97 Å². The largest absolute Gasteiger partial charge is 0.486 e. The van der Waals surface area contributed by atoms with E-state index >= 15 is 0 Å². The Kier molecular flexibility index (Phi) is 3.96. The van der Waals surface area contributed by atoms with Gasteiger partial charge in [0.05, 0.1) is 4.92 Å². The van der Waals surface area contributed by atoms with Gasteiger partial charge in [-0.05, 0) is 30.5 Å². The summed E-state index contributed by atoms with van der Waals surface area (Å²) in [6.45, 7) is 1.56. The zero-order chi connectivity index (χ0) is 17.2. The highest BCUT2D eigenvalue weighted by Crippen LogP contribution is 2.31. The van der Waals surface area contributed by atoms with Crippen molar-refractivity contribution >= 4 is 17.5 Å². The highest BCUT2D eigenvalue weighted by molar-refractivity contribution is 5.58. The average Bonchev–Trinajstić information content (AvgIpc) is 3.43. The van der Waals surface area contributed by atoms with Gasteiger partial charge in [0.1, 0.15) is 19.4 Å². The zero-order valence-electron chi connectivity index (χ0n) is 13.4. The van der Waals surface area contributed by atoms with Crippen LogP contribution in [0, 0.1) is 10.1 Å². The SMILES string of the molecule is O=[N+]([O-])c1cnc(NCc2ccc3c(c2)OCCO3)nc1NC1CC1. The Morgan fingerprint density at radius 2 is 2.04 bits per heavy atom. The molecular weight excluding hydrogens is 326 g/mol. The van der Waals surface area contributed by atoms with Crippen molar-refractivity contribution in [3.8, 4) is 11.5 Å². The summed E-state index contributed by atoms with van der Waals surface area (Å²) in [5, 5.41) is 17.3. The molecule has 1 aromatic heterocycles. The third-order valence-electron chi connectivity index (χ3n) is 3.94. The number of nitrogens with one attached hydrogen (secondary N) is 2. The van der Waals surface area contributed by atoms with Gasteiger partial charge in [0.2, 0.25) is 11.8 Å². The maximum atomic E-state index is 11.1.